The van der Waals surface area contributed by atoms with Gasteiger partial charge in [0.2, 0.25) is 0 Å². The maximum Gasteiger partial charge on any atom is 0.107 e. The van der Waals surface area contributed by atoms with Crippen LogP contribution in [0, 0.1) is 11.8 Å². The summed E-state index contributed by atoms with van der Waals surface area (Å²) in [4.78, 5) is 0. The molecule has 4 unspecified atom stereocenters. The van der Waals surface area contributed by atoms with Gasteiger partial charge in [-0.2, -0.15) is 0 Å². The molecule has 0 aromatic heterocycles. The van der Waals surface area contributed by atoms with Crippen molar-refractivity contribution in [1.82, 2.24) is 0 Å². The van der Waals surface area contributed by atoms with Crippen molar-refractivity contribution >= 4 is 0 Å². The fourth-order valence-electron chi connectivity index (χ4n) is 7.72. The third kappa shape index (κ3) is 14.6. The smallest absolute Gasteiger partial charge is 0.107 e. The van der Waals surface area contributed by atoms with Crippen molar-refractivity contribution in [2.24, 2.45) is 11.8 Å². The second-order valence-corrected chi connectivity index (χ2v) is 14.1. The van der Waals surface area contributed by atoms with Crippen molar-refractivity contribution in [3.8, 4) is 0 Å². The van der Waals surface area contributed by atoms with Gasteiger partial charge < -0.3 is 14.2 Å². The Kier molecular flexibility index (Phi) is 16.2. The molecular weight excluding hydrogens is 480 g/mol. The molecule has 228 valence electrons. The third-order valence-corrected chi connectivity index (χ3v) is 10.5. The standard InChI is InChI=1S/C36H66O3/c1(3-7-13-21-31-23-15-11-16-24-31)5-9-19-27-33(35-29-37-35)39-34(36-30-38-36)28-20-10-6-2-4-8-14-22-32-25-17-12-18-26-32/h31-36H,1-30H2. The highest BCUT2D eigenvalue weighted by atomic mass is 16.6. The average molecular weight is 547 g/mol. The number of ether oxygens (including phenoxy) is 3. The molecule has 2 saturated carbocycles. The summed E-state index contributed by atoms with van der Waals surface area (Å²) in [5, 5.41) is 0. The lowest BCUT2D eigenvalue weighted by Crippen LogP contribution is -2.30. The first-order chi connectivity index (χ1) is 19.4. The normalized spacial score (nSPS) is 25.5. The fraction of sp³-hybridized carbons (Fsp3) is 1.00. The lowest BCUT2D eigenvalue weighted by Gasteiger charge is -2.23. The van der Waals surface area contributed by atoms with Crippen molar-refractivity contribution in [3.05, 3.63) is 0 Å². The number of hydrogen-bond acceptors (Lipinski definition) is 3. The lowest BCUT2D eigenvalue weighted by atomic mass is 9.85. The van der Waals surface area contributed by atoms with E-state index in [1.54, 1.807) is 0 Å². The predicted molar refractivity (Wildman–Crippen MR) is 164 cm³/mol. The van der Waals surface area contributed by atoms with E-state index in [0.29, 0.717) is 24.4 Å². The average Bonchev–Trinajstić information content (AvgIpc) is 3.89. The van der Waals surface area contributed by atoms with E-state index >= 15 is 0 Å². The Hall–Kier alpha value is -0.120. The highest BCUT2D eigenvalue weighted by molar-refractivity contribution is 4.86. The summed E-state index contributed by atoms with van der Waals surface area (Å²) in [5.41, 5.74) is 0. The molecule has 4 atom stereocenters. The first-order valence-corrected chi connectivity index (χ1v) is 18.3. The number of rotatable bonds is 24. The van der Waals surface area contributed by atoms with Crippen LogP contribution in [0.15, 0.2) is 0 Å². The van der Waals surface area contributed by atoms with Crippen LogP contribution in [0.4, 0.5) is 0 Å². The quantitative estimate of drug-likeness (QED) is 0.0891. The van der Waals surface area contributed by atoms with Crippen LogP contribution in [0.3, 0.4) is 0 Å². The van der Waals surface area contributed by atoms with E-state index in [9.17, 15) is 0 Å². The zero-order chi connectivity index (χ0) is 26.8. The monoisotopic (exact) mass is 547 g/mol. The number of unbranched alkanes of at least 4 members (excludes halogenated alkanes) is 12. The minimum Gasteiger partial charge on any atom is -0.370 e. The lowest BCUT2D eigenvalue weighted by molar-refractivity contribution is -0.0468. The van der Waals surface area contributed by atoms with E-state index in [-0.39, 0.29) is 0 Å². The Balaban J connectivity index is 0.959. The van der Waals surface area contributed by atoms with Gasteiger partial charge in [0.15, 0.2) is 0 Å². The maximum absolute atomic E-state index is 6.68. The number of hydrogen-bond donors (Lipinski definition) is 0. The zero-order valence-electron chi connectivity index (χ0n) is 25.9. The molecule has 4 aliphatic rings. The highest BCUT2D eigenvalue weighted by Gasteiger charge is 2.40. The molecule has 2 saturated heterocycles. The van der Waals surface area contributed by atoms with Crippen LogP contribution < -0.4 is 0 Å². The Morgan fingerprint density at radius 1 is 0.436 bits per heavy atom. The van der Waals surface area contributed by atoms with E-state index in [0.717, 1.165) is 25.0 Å². The van der Waals surface area contributed by atoms with Gasteiger partial charge in [0.1, 0.15) is 12.2 Å². The minimum absolute atomic E-state index is 0.304. The Labute approximate surface area is 243 Å². The van der Waals surface area contributed by atoms with Gasteiger partial charge in [-0.15, -0.1) is 0 Å². The van der Waals surface area contributed by atoms with Crippen LogP contribution in [0.5, 0.6) is 0 Å². The number of epoxide rings is 2. The maximum atomic E-state index is 6.68. The molecule has 0 aromatic carbocycles. The molecule has 0 radical (unpaired) electrons. The SMILES string of the molecule is C(CCCCC1CCCCC1)CCCCC(OC(CCCCCCCCCC1CCCCC1)C1CO1)C1CO1. The van der Waals surface area contributed by atoms with Crippen molar-refractivity contribution in [1.29, 1.82) is 0 Å². The fourth-order valence-corrected chi connectivity index (χ4v) is 7.72. The zero-order valence-corrected chi connectivity index (χ0v) is 25.9. The van der Waals surface area contributed by atoms with Crippen LogP contribution in [0.2, 0.25) is 0 Å². The summed E-state index contributed by atoms with van der Waals surface area (Å²) in [6.07, 6.45) is 41.5. The van der Waals surface area contributed by atoms with E-state index in [1.165, 1.54) is 180 Å². The van der Waals surface area contributed by atoms with E-state index in [1.807, 2.05) is 0 Å². The first-order valence-electron chi connectivity index (χ1n) is 18.3. The van der Waals surface area contributed by atoms with Gasteiger partial charge in [-0.05, 0) is 24.7 Å². The molecule has 0 aromatic rings. The Morgan fingerprint density at radius 2 is 0.769 bits per heavy atom. The first kappa shape index (κ1) is 31.8. The van der Waals surface area contributed by atoms with Gasteiger partial charge in [0.25, 0.3) is 0 Å². The molecule has 0 N–H and O–H groups in total. The van der Waals surface area contributed by atoms with Crippen LogP contribution in [-0.2, 0) is 14.2 Å². The molecule has 2 aliphatic carbocycles. The molecule has 0 bridgehead atoms. The van der Waals surface area contributed by atoms with Crippen molar-refractivity contribution in [2.75, 3.05) is 13.2 Å². The molecule has 3 heteroatoms. The van der Waals surface area contributed by atoms with Gasteiger partial charge in [0, 0.05) is 0 Å². The summed E-state index contributed by atoms with van der Waals surface area (Å²) >= 11 is 0. The molecule has 4 fully saturated rings. The van der Waals surface area contributed by atoms with Crippen LogP contribution in [0.25, 0.3) is 0 Å². The van der Waals surface area contributed by atoms with Gasteiger partial charge in [-0.3, -0.25) is 0 Å². The summed E-state index contributed by atoms with van der Waals surface area (Å²) in [7, 11) is 0. The molecule has 4 rings (SSSR count). The third-order valence-electron chi connectivity index (χ3n) is 10.5. The molecule has 2 aliphatic heterocycles. The summed E-state index contributed by atoms with van der Waals surface area (Å²) in [5.74, 6) is 2.13. The van der Waals surface area contributed by atoms with Gasteiger partial charge >= 0.3 is 0 Å². The summed E-state index contributed by atoms with van der Waals surface area (Å²) in [6.45, 7) is 1.81. The van der Waals surface area contributed by atoms with E-state index < -0.39 is 0 Å². The van der Waals surface area contributed by atoms with Crippen LogP contribution >= 0.6 is 0 Å². The van der Waals surface area contributed by atoms with Crippen LogP contribution in [-0.4, -0.2) is 37.6 Å². The van der Waals surface area contributed by atoms with Crippen LogP contribution in [0.1, 0.15) is 180 Å². The summed E-state index contributed by atoms with van der Waals surface area (Å²) in [6, 6.07) is 0. The molecule has 39 heavy (non-hydrogen) atoms. The second kappa shape index (κ2) is 19.9. The summed E-state index contributed by atoms with van der Waals surface area (Å²) < 4.78 is 18.1. The van der Waals surface area contributed by atoms with Gasteiger partial charge in [-0.25, -0.2) is 0 Å². The Morgan fingerprint density at radius 3 is 1.13 bits per heavy atom. The molecule has 0 spiro atoms. The highest BCUT2D eigenvalue weighted by Crippen LogP contribution is 2.31. The van der Waals surface area contributed by atoms with E-state index in [2.05, 4.69) is 0 Å². The van der Waals surface area contributed by atoms with Crippen molar-refractivity contribution < 1.29 is 14.2 Å². The second-order valence-electron chi connectivity index (χ2n) is 14.1. The predicted octanol–water partition coefficient (Wildman–Crippen LogP) is 10.7. The topological polar surface area (TPSA) is 34.3 Å². The minimum atomic E-state index is 0.304. The molecule has 3 nitrogen and oxygen atoms in total. The largest absolute Gasteiger partial charge is 0.370 e. The molecule has 0 amide bonds. The molecule has 2 heterocycles. The van der Waals surface area contributed by atoms with Crippen molar-refractivity contribution in [3.63, 3.8) is 0 Å². The Bertz CT molecular complexity index is 524. The van der Waals surface area contributed by atoms with Crippen molar-refractivity contribution in [2.45, 2.75) is 204 Å². The van der Waals surface area contributed by atoms with Gasteiger partial charge in [0.05, 0.1) is 25.4 Å². The van der Waals surface area contributed by atoms with E-state index in [4.69, 9.17) is 14.2 Å². The molecular formula is C36H66O3. The van der Waals surface area contributed by atoms with Gasteiger partial charge in [-0.1, -0.05) is 167 Å².